The number of benzene rings is 2. The van der Waals surface area contributed by atoms with Crippen molar-refractivity contribution >= 4 is 41.0 Å². The molecule has 5 rings (SSSR count). The number of ether oxygens (including phenoxy) is 2. The molecule has 10 heteroatoms. The molecule has 0 saturated heterocycles. The molecule has 0 aromatic heterocycles. The number of rotatable bonds is 6. The highest BCUT2D eigenvalue weighted by Gasteiger charge is 2.46. The predicted octanol–water partition coefficient (Wildman–Crippen LogP) is 6.52. The van der Waals surface area contributed by atoms with Crippen LogP contribution in [0.25, 0.3) is 0 Å². The van der Waals surface area contributed by atoms with E-state index in [0.29, 0.717) is 40.8 Å². The van der Waals surface area contributed by atoms with Crippen LogP contribution in [-0.4, -0.2) is 65.3 Å². The average molecular weight is 596 g/mol. The van der Waals surface area contributed by atoms with Crippen molar-refractivity contribution in [3.05, 3.63) is 93.8 Å². The lowest BCUT2D eigenvalue weighted by atomic mass is 9.89. The molecule has 41 heavy (non-hydrogen) atoms. The van der Waals surface area contributed by atoms with E-state index in [9.17, 15) is 9.59 Å². The van der Waals surface area contributed by atoms with E-state index in [0.717, 1.165) is 16.2 Å². The molecule has 2 heterocycles. The normalized spacial score (nSPS) is 20.7. The third kappa shape index (κ3) is 5.99. The lowest BCUT2D eigenvalue weighted by Gasteiger charge is -2.36. The van der Waals surface area contributed by atoms with Crippen LogP contribution in [0.15, 0.2) is 82.6 Å². The van der Waals surface area contributed by atoms with Crippen molar-refractivity contribution in [2.45, 2.75) is 44.9 Å². The molecule has 3 amide bonds. The lowest BCUT2D eigenvalue weighted by Crippen LogP contribution is -2.52. The lowest BCUT2D eigenvalue weighted by molar-refractivity contribution is -0.128. The number of aliphatic imine (C=N–C) groups is 1. The van der Waals surface area contributed by atoms with Crippen LogP contribution in [0, 0.1) is 0 Å². The van der Waals surface area contributed by atoms with Crippen molar-refractivity contribution in [3.8, 4) is 11.5 Å². The van der Waals surface area contributed by atoms with Gasteiger partial charge < -0.3 is 14.4 Å². The number of carbonyl (C=O) groups is 2. The van der Waals surface area contributed by atoms with Gasteiger partial charge in [0.25, 0.3) is 0 Å². The second-order valence-electron chi connectivity index (χ2n) is 10.4. The summed E-state index contributed by atoms with van der Waals surface area (Å²) in [4.78, 5) is 36.8. The Morgan fingerprint density at radius 2 is 1.80 bits per heavy atom. The second kappa shape index (κ2) is 12.0. The van der Waals surface area contributed by atoms with Crippen LogP contribution in [-0.2, 0) is 4.79 Å². The largest absolute Gasteiger partial charge is 0.497 e. The Morgan fingerprint density at radius 1 is 1.05 bits per heavy atom. The number of carbonyl (C=O) groups excluding carboxylic acids is 2. The van der Waals surface area contributed by atoms with E-state index < -0.39 is 12.1 Å². The van der Waals surface area contributed by atoms with Crippen molar-refractivity contribution < 1.29 is 19.1 Å². The number of hydrogen-bond acceptors (Lipinski definition) is 5. The van der Waals surface area contributed by atoms with Crippen LogP contribution in [0.3, 0.4) is 0 Å². The third-order valence-electron chi connectivity index (χ3n) is 7.20. The Hall–Kier alpha value is -3.75. The smallest absolute Gasteiger partial charge is 0.330 e. The topological polar surface area (TPSA) is 74.7 Å². The van der Waals surface area contributed by atoms with Gasteiger partial charge in [0.05, 0.1) is 24.8 Å². The monoisotopic (exact) mass is 594 g/mol. The van der Waals surface area contributed by atoms with E-state index in [-0.39, 0.29) is 24.6 Å². The average Bonchev–Trinajstić information content (AvgIpc) is 3.34. The van der Waals surface area contributed by atoms with E-state index in [1.165, 1.54) is 9.80 Å². The van der Waals surface area contributed by atoms with Gasteiger partial charge in [-0.1, -0.05) is 41.4 Å². The van der Waals surface area contributed by atoms with E-state index >= 15 is 0 Å². The first kappa shape index (κ1) is 28.8. The Balaban J connectivity index is 1.70. The van der Waals surface area contributed by atoms with Crippen LogP contribution in [0.4, 0.5) is 4.79 Å². The summed E-state index contributed by atoms with van der Waals surface area (Å²) < 4.78 is 11.7. The van der Waals surface area contributed by atoms with Gasteiger partial charge in [-0.2, -0.15) is 0 Å². The van der Waals surface area contributed by atoms with Crippen LogP contribution < -0.4 is 9.47 Å². The molecule has 0 fully saturated rings. The summed E-state index contributed by atoms with van der Waals surface area (Å²) in [6.45, 7) is 3.79. The number of allylic oxidation sites excluding steroid dienone is 3. The summed E-state index contributed by atoms with van der Waals surface area (Å²) in [7, 11) is 3.26. The number of nitrogens with zero attached hydrogens (tertiary/aromatic N) is 4. The van der Waals surface area contributed by atoms with E-state index in [1.54, 1.807) is 37.5 Å². The number of hydrogen-bond donors (Lipinski definition) is 0. The van der Waals surface area contributed by atoms with Gasteiger partial charge in [-0.25, -0.2) is 4.79 Å². The molecule has 2 atom stereocenters. The SMILES string of the molecule is COc1ccc(C2=NC(c3ccc(Cl)cc3)C(C3=CC=C(Cl)CC3)N2C(=O)N2C=CN(C)C(=O)C2)c(OC(C)C)c1. The molecular formula is C31H32Cl2N4O4. The molecule has 8 nitrogen and oxygen atoms in total. The molecule has 0 radical (unpaired) electrons. The van der Waals surface area contributed by atoms with Crippen LogP contribution in [0.2, 0.25) is 5.02 Å². The highest BCUT2D eigenvalue weighted by Crippen LogP contribution is 2.43. The molecule has 2 unspecified atom stereocenters. The number of halogens is 2. The van der Waals surface area contributed by atoms with Gasteiger partial charge in [0.15, 0.2) is 0 Å². The highest BCUT2D eigenvalue weighted by molar-refractivity contribution is 6.30. The van der Waals surface area contributed by atoms with Gasteiger partial charge in [0.1, 0.15) is 29.9 Å². The van der Waals surface area contributed by atoms with E-state index in [4.69, 9.17) is 37.7 Å². The minimum Gasteiger partial charge on any atom is -0.497 e. The number of urea groups is 1. The Labute approximate surface area is 250 Å². The summed E-state index contributed by atoms with van der Waals surface area (Å²) in [5.74, 6) is 1.41. The second-order valence-corrected chi connectivity index (χ2v) is 11.3. The van der Waals surface area contributed by atoms with E-state index in [1.807, 2.05) is 62.4 Å². The van der Waals surface area contributed by atoms with Crippen molar-refractivity contribution in [2.24, 2.45) is 4.99 Å². The molecule has 0 bridgehead atoms. The maximum atomic E-state index is 14.4. The number of amides is 3. The van der Waals surface area contributed by atoms with Gasteiger partial charge in [0, 0.05) is 35.6 Å². The summed E-state index contributed by atoms with van der Waals surface area (Å²) in [6, 6.07) is 11.7. The zero-order valence-corrected chi connectivity index (χ0v) is 24.9. The van der Waals surface area contributed by atoms with Crippen molar-refractivity contribution in [1.29, 1.82) is 0 Å². The van der Waals surface area contributed by atoms with Crippen molar-refractivity contribution in [3.63, 3.8) is 0 Å². The van der Waals surface area contributed by atoms with Gasteiger partial charge in [0.2, 0.25) is 5.91 Å². The maximum absolute atomic E-state index is 14.4. The first-order valence-electron chi connectivity index (χ1n) is 13.4. The zero-order chi connectivity index (χ0) is 29.3. The summed E-state index contributed by atoms with van der Waals surface area (Å²) in [5, 5.41) is 1.36. The fraction of sp³-hybridized carbons (Fsp3) is 0.323. The maximum Gasteiger partial charge on any atom is 0.330 e. The molecule has 2 aromatic rings. The van der Waals surface area contributed by atoms with Crippen LogP contribution in [0.5, 0.6) is 11.5 Å². The summed E-state index contributed by atoms with van der Waals surface area (Å²) in [6.07, 6.45) is 8.24. The molecule has 0 spiro atoms. The first-order valence-corrected chi connectivity index (χ1v) is 14.2. The number of methoxy groups -OCH3 is 1. The number of likely N-dealkylation sites (N-methyl/N-ethyl adjacent to an activating group) is 1. The number of amidine groups is 1. The van der Waals surface area contributed by atoms with E-state index in [2.05, 4.69) is 0 Å². The Morgan fingerprint density at radius 3 is 2.44 bits per heavy atom. The first-order chi connectivity index (χ1) is 19.7. The molecule has 3 aliphatic rings. The molecule has 0 saturated carbocycles. The summed E-state index contributed by atoms with van der Waals surface area (Å²) >= 11 is 12.6. The van der Waals surface area contributed by atoms with Gasteiger partial charge in [-0.15, -0.1) is 0 Å². The molecule has 2 aromatic carbocycles. The van der Waals surface area contributed by atoms with Crippen LogP contribution in [0.1, 0.15) is 43.9 Å². The Bertz CT molecular complexity index is 1460. The summed E-state index contributed by atoms with van der Waals surface area (Å²) in [5.41, 5.74) is 2.55. The van der Waals surface area contributed by atoms with Crippen molar-refractivity contribution in [1.82, 2.24) is 14.7 Å². The highest BCUT2D eigenvalue weighted by atomic mass is 35.5. The fourth-order valence-corrected chi connectivity index (χ4v) is 5.40. The fourth-order valence-electron chi connectivity index (χ4n) is 5.12. The standard InChI is InChI=1S/C31H32Cl2N4O4/c1-19(2)41-26-17-24(40-4)13-14-25(26)30-34-28(20-5-9-22(32)10-6-20)29(21-7-11-23(33)12-8-21)37(30)31(39)36-16-15-35(3)27(38)18-36/h5-7,9-11,13-17,19,28-29H,8,12,18H2,1-4H3. The zero-order valence-electron chi connectivity index (χ0n) is 23.4. The predicted molar refractivity (Wildman–Crippen MR) is 160 cm³/mol. The van der Waals surface area contributed by atoms with Crippen LogP contribution >= 0.6 is 23.2 Å². The molecular weight excluding hydrogens is 563 g/mol. The van der Waals surface area contributed by atoms with Crippen molar-refractivity contribution in [2.75, 3.05) is 20.7 Å². The van der Waals surface area contributed by atoms with Gasteiger partial charge in [-0.05, 0) is 68.2 Å². The molecule has 1 aliphatic carbocycles. The molecule has 0 N–H and O–H groups in total. The minimum absolute atomic E-state index is 0.0866. The third-order valence-corrected chi connectivity index (χ3v) is 7.77. The molecule has 214 valence electrons. The molecule has 2 aliphatic heterocycles. The minimum atomic E-state index is -0.475. The Kier molecular flexibility index (Phi) is 8.42. The van der Waals surface area contributed by atoms with Gasteiger partial charge >= 0.3 is 6.03 Å². The quantitative estimate of drug-likeness (QED) is 0.382. The van der Waals surface area contributed by atoms with Gasteiger partial charge in [-0.3, -0.25) is 19.6 Å².